The number of halogens is 2. The maximum atomic E-state index is 6.03. The van der Waals surface area contributed by atoms with Gasteiger partial charge in [0.05, 0.1) is 11.6 Å². The second kappa shape index (κ2) is 4.41. The van der Waals surface area contributed by atoms with Gasteiger partial charge in [0, 0.05) is 5.88 Å². The lowest BCUT2D eigenvalue weighted by Crippen LogP contribution is -1.99. The molecule has 0 saturated heterocycles. The molecule has 1 aromatic carbocycles. The van der Waals surface area contributed by atoms with Crippen LogP contribution in [0.4, 0.5) is 0 Å². The van der Waals surface area contributed by atoms with E-state index in [2.05, 4.69) is 0 Å². The lowest BCUT2D eigenvalue weighted by atomic mass is 10.2. The van der Waals surface area contributed by atoms with Crippen LogP contribution in [0.1, 0.15) is 18.4 Å². The van der Waals surface area contributed by atoms with Crippen LogP contribution in [0, 0.1) is 5.92 Å². The predicted octanol–water partition coefficient (Wildman–Crippen LogP) is 3.87. The van der Waals surface area contributed by atoms with Crippen molar-refractivity contribution in [3.05, 3.63) is 28.8 Å². The van der Waals surface area contributed by atoms with Crippen molar-refractivity contribution < 1.29 is 4.74 Å². The Morgan fingerprint density at radius 1 is 1.36 bits per heavy atom. The van der Waals surface area contributed by atoms with Gasteiger partial charge < -0.3 is 4.74 Å². The minimum absolute atomic E-state index is 0.489. The normalized spacial score (nSPS) is 15.6. The summed E-state index contributed by atoms with van der Waals surface area (Å²) in [6.07, 6.45) is 2.58. The number of rotatable bonds is 4. The molecule has 1 saturated carbocycles. The average Bonchev–Trinajstić information content (AvgIpc) is 2.99. The van der Waals surface area contributed by atoms with Crippen molar-refractivity contribution in [1.82, 2.24) is 0 Å². The highest BCUT2D eigenvalue weighted by Crippen LogP contribution is 2.32. The third kappa shape index (κ3) is 2.55. The summed E-state index contributed by atoms with van der Waals surface area (Å²) in [5.74, 6) is 2.01. The van der Waals surface area contributed by atoms with Crippen molar-refractivity contribution in [3.63, 3.8) is 0 Å². The van der Waals surface area contributed by atoms with Crippen LogP contribution < -0.4 is 4.74 Å². The van der Waals surface area contributed by atoms with Crippen molar-refractivity contribution in [3.8, 4) is 5.75 Å². The summed E-state index contributed by atoms with van der Waals surface area (Å²) in [5.41, 5.74) is 1.02. The topological polar surface area (TPSA) is 9.23 Å². The maximum absolute atomic E-state index is 6.03. The van der Waals surface area contributed by atoms with Gasteiger partial charge in [-0.25, -0.2) is 0 Å². The Balaban J connectivity index is 2.01. The van der Waals surface area contributed by atoms with Crippen LogP contribution in [0.3, 0.4) is 0 Å². The van der Waals surface area contributed by atoms with Crippen molar-refractivity contribution in [2.24, 2.45) is 5.92 Å². The number of benzene rings is 1. The van der Waals surface area contributed by atoms with Crippen LogP contribution in [0.2, 0.25) is 5.02 Å². The van der Waals surface area contributed by atoms with E-state index in [1.165, 1.54) is 12.8 Å². The van der Waals surface area contributed by atoms with E-state index in [0.29, 0.717) is 10.9 Å². The van der Waals surface area contributed by atoms with Gasteiger partial charge in [-0.15, -0.1) is 11.6 Å². The molecule has 0 aliphatic heterocycles. The van der Waals surface area contributed by atoms with Crippen LogP contribution in [0.25, 0.3) is 0 Å². The summed E-state index contributed by atoms with van der Waals surface area (Å²) in [6, 6.07) is 5.69. The van der Waals surface area contributed by atoms with Gasteiger partial charge in [0.2, 0.25) is 0 Å². The first-order chi connectivity index (χ1) is 6.79. The minimum atomic E-state index is 0.489. The molecule has 1 aliphatic rings. The van der Waals surface area contributed by atoms with E-state index in [0.717, 1.165) is 23.8 Å². The summed E-state index contributed by atoms with van der Waals surface area (Å²) in [5, 5.41) is 0.656. The van der Waals surface area contributed by atoms with Crippen LogP contribution in [-0.4, -0.2) is 6.61 Å². The van der Waals surface area contributed by atoms with E-state index in [-0.39, 0.29) is 0 Å². The van der Waals surface area contributed by atoms with Crippen LogP contribution in [0.15, 0.2) is 18.2 Å². The van der Waals surface area contributed by atoms with Gasteiger partial charge in [-0.1, -0.05) is 17.7 Å². The molecule has 14 heavy (non-hydrogen) atoms. The molecule has 0 unspecified atom stereocenters. The highest BCUT2D eigenvalue weighted by Gasteiger charge is 2.22. The second-order valence-corrected chi connectivity index (χ2v) is 4.33. The molecular weight excluding hydrogens is 219 g/mol. The molecule has 0 amide bonds. The third-order valence-corrected chi connectivity index (χ3v) is 2.93. The first-order valence-corrected chi connectivity index (χ1v) is 5.68. The lowest BCUT2D eigenvalue weighted by molar-refractivity contribution is 0.300. The molecule has 2 rings (SSSR count). The van der Waals surface area contributed by atoms with E-state index >= 15 is 0 Å². The predicted molar refractivity (Wildman–Crippen MR) is 59.2 cm³/mol. The van der Waals surface area contributed by atoms with E-state index in [9.17, 15) is 0 Å². The molecule has 0 N–H and O–H groups in total. The van der Waals surface area contributed by atoms with Gasteiger partial charge >= 0.3 is 0 Å². The van der Waals surface area contributed by atoms with Crippen LogP contribution >= 0.6 is 23.2 Å². The molecule has 3 heteroatoms. The fourth-order valence-electron chi connectivity index (χ4n) is 1.24. The smallest absolute Gasteiger partial charge is 0.137 e. The standard InChI is InChI=1S/C11H12Cl2O/c12-6-9-3-4-11(10(13)5-9)14-7-8-1-2-8/h3-5,8H,1-2,6-7H2. The van der Waals surface area contributed by atoms with Crippen LogP contribution in [-0.2, 0) is 5.88 Å². The maximum Gasteiger partial charge on any atom is 0.137 e. The molecule has 1 aliphatic carbocycles. The first-order valence-electron chi connectivity index (χ1n) is 4.77. The van der Waals surface area contributed by atoms with Gasteiger partial charge in [-0.3, -0.25) is 0 Å². The molecule has 0 spiro atoms. The van der Waals surface area contributed by atoms with Gasteiger partial charge in [0.25, 0.3) is 0 Å². The summed E-state index contributed by atoms with van der Waals surface area (Å²) in [7, 11) is 0. The average molecular weight is 231 g/mol. The summed E-state index contributed by atoms with van der Waals surface area (Å²) < 4.78 is 5.59. The lowest BCUT2D eigenvalue weighted by Gasteiger charge is -2.07. The number of alkyl halides is 1. The Bertz CT molecular complexity index is 321. The van der Waals surface area contributed by atoms with E-state index in [4.69, 9.17) is 27.9 Å². The Morgan fingerprint density at radius 2 is 2.14 bits per heavy atom. The monoisotopic (exact) mass is 230 g/mol. The van der Waals surface area contributed by atoms with E-state index in [1.54, 1.807) is 0 Å². The van der Waals surface area contributed by atoms with Crippen molar-refractivity contribution in [2.75, 3.05) is 6.61 Å². The van der Waals surface area contributed by atoms with Crippen molar-refractivity contribution in [1.29, 1.82) is 0 Å². The summed E-state index contributed by atoms with van der Waals surface area (Å²) >= 11 is 11.7. The minimum Gasteiger partial charge on any atom is -0.492 e. The molecule has 0 atom stereocenters. The molecule has 0 heterocycles. The Hall–Kier alpha value is -0.400. The fraction of sp³-hybridized carbons (Fsp3) is 0.455. The Kier molecular flexibility index (Phi) is 3.19. The van der Waals surface area contributed by atoms with E-state index < -0.39 is 0 Å². The van der Waals surface area contributed by atoms with Gasteiger partial charge in [-0.05, 0) is 36.5 Å². The zero-order valence-electron chi connectivity index (χ0n) is 7.80. The van der Waals surface area contributed by atoms with Crippen molar-refractivity contribution in [2.45, 2.75) is 18.7 Å². The second-order valence-electron chi connectivity index (χ2n) is 3.65. The molecular formula is C11H12Cl2O. The summed E-state index contributed by atoms with van der Waals surface area (Å²) in [6.45, 7) is 0.792. The molecule has 1 aromatic rings. The van der Waals surface area contributed by atoms with Gasteiger partial charge in [0.15, 0.2) is 0 Å². The van der Waals surface area contributed by atoms with Crippen LogP contribution in [0.5, 0.6) is 5.75 Å². The highest BCUT2D eigenvalue weighted by molar-refractivity contribution is 6.32. The van der Waals surface area contributed by atoms with E-state index in [1.807, 2.05) is 18.2 Å². The SMILES string of the molecule is ClCc1ccc(OCC2CC2)c(Cl)c1. The Labute approximate surface area is 94.0 Å². The van der Waals surface area contributed by atoms with Gasteiger partial charge in [0.1, 0.15) is 5.75 Å². The zero-order valence-corrected chi connectivity index (χ0v) is 9.31. The zero-order chi connectivity index (χ0) is 9.97. The Morgan fingerprint density at radius 3 is 2.71 bits per heavy atom. The van der Waals surface area contributed by atoms with Gasteiger partial charge in [-0.2, -0.15) is 0 Å². The molecule has 0 radical (unpaired) electrons. The number of ether oxygens (including phenoxy) is 1. The molecule has 0 aromatic heterocycles. The third-order valence-electron chi connectivity index (χ3n) is 2.32. The summed E-state index contributed by atoms with van der Waals surface area (Å²) in [4.78, 5) is 0. The largest absolute Gasteiger partial charge is 0.492 e. The fourth-order valence-corrected chi connectivity index (χ4v) is 1.66. The number of hydrogen-bond donors (Lipinski definition) is 0. The highest BCUT2D eigenvalue weighted by atomic mass is 35.5. The molecule has 1 nitrogen and oxygen atoms in total. The first kappa shape index (κ1) is 10.1. The van der Waals surface area contributed by atoms with Crippen molar-refractivity contribution >= 4 is 23.2 Å². The molecule has 1 fully saturated rings. The molecule has 76 valence electrons. The number of hydrogen-bond acceptors (Lipinski definition) is 1. The quantitative estimate of drug-likeness (QED) is 0.714. The molecule has 0 bridgehead atoms.